The predicted molar refractivity (Wildman–Crippen MR) is 140 cm³/mol. The van der Waals surface area contributed by atoms with Crippen molar-refractivity contribution in [1.29, 1.82) is 5.41 Å². The Bertz CT molecular complexity index is 959. The molecule has 5 nitrogen and oxygen atoms in total. The number of benzene rings is 1. The molecular formula is C28H39N5. The van der Waals surface area contributed by atoms with Crippen molar-refractivity contribution in [3.05, 3.63) is 83.9 Å². The Labute approximate surface area is 199 Å². The van der Waals surface area contributed by atoms with Crippen LogP contribution in [0.3, 0.4) is 0 Å². The molecule has 33 heavy (non-hydrogen) atoms. The maximum atomic E-state index is 8.33. The summed E-state index contributed by atoms with van der Waals surface area (Å²) in [5.41, 5.74) is 6.08. The van der Waals surface area contributed by atoms with Crippen molar-refractivity contribution in [3.63, 3.8) is 0 Å². The lowest BCUT2D eigenvalue weighted by molar-refractivity contribution is 0.257. The molecule has 1 saturated heterocycles. The van der Waals surface area contributed by atoms with Crippen LogP contribution < -0.4 is 5.32 Å². The van der Waals surface area contributed by atoms with Gasteiger partial charge in [0.25, 0.3) is 0 Å². The van der Waals surface area contributed by atoms with Crippen LogP contribution in [-0.2, 0) is 0 Å². The van der Waals surface area contributed by atoms with Crippen molar-refractivity contribution >= 4 is 11.5 Å². The van der Waals surface area contributed by atoms with Crippen LogP contribution >= 0.6 is 0 Å². The van der Waals surface area contributed by atoms with E-state index in [4.69, 9.17) is 5.41 Å². The number of nitrogens with zero attached hydrogens (tertiary/aromatic N) is 3. The van der Waals surface area contributed by atoms with Crippen molar-refractivity contribution < 1.29 is 0 Å². The van der Waals surface area contributed by atoms with Crippen LogP contribution in [0.4, 0.5) is 0 Å². The summed E-state index contributed by atoms with van der Waals surface area (Å²) < 4.78 is 0. The lowest BCUT2D eigenvalue weighted by Crippen LogP contribution is -2.33. The fourth-order valence-corrected chi connectivity index (χ4v) is 4.58. The van der Waals surface area contributed by atoms with Crippen LogP contribution in [-0.4, -0.2) is 40.6 Å². The SMILES string of the molecule is C=C(CC/C(C(C)=N)=C(\C)NC1=NN(C(C)C)C(=C)C=C1)N1CCC(c2ccccc2)CC1. The molecule has 0 bridgehead atoms. The van der Waals surface area contributed by atoms with E-state index in [9.17, 15) is 0 Å². The van der Waals surface area contributed by atoms with Gasteiger partial charge in [0.1, 0.15) is 0 Å². The molecule has 176 valence electrons. The largest absolute Gasteiger partial charge is 0.375 e. The molecule has 3 rings (SSSR count). The smallest absolute Gasteiger partial charge is 0.150 e. The molecule has 0 spiro atoms. The number of piperidine rings is 1. The number of hydrogen-bond acceptors (Lipinski definition) is 5. The highest BCUT2D eigenvalue weighted by molar-refractivity contribution is 5.99. The molecule has 1 aromatic carbocycles. The molecule has 2 aliphatic heterocycles. The summed E-state index contributed by atoms with van der Waals surface area (Å²) in [6.07, 6.45) is 7.90. The van der Waals surface area contributed by atoms with Crippen LogP contribution in [0, 0.1) is 5.41 Å². The number of hydrogen-bond donors (Lipinski definition) is 2. The Morgan fingerprint density at radius 2 is 1.79 bits per heavy atom. The molecular weight excluding hydrogens is 406 g/mol. The first kappa shape index (κ1) is 24.6. The quantitative estimate of drug-likeness (QED) is 0.470. The second-order valence-electron chi connectivity index (χ2n) is 9.34. The highest BCUT2D eigenvalue weighted by atomic mass is 15.5. The second-order valence-corrected chi connectivity index (χ2v) is 9.34. The molecule has 1 aromatic rings. The minimum Gasteiger partial charge on any atom is -0.375 e. The van der Waals surface area contributed by atoms with E-state index < -0.39 is 0 Å². The number of rotatable bonds is 8. The topological polar surface area (TPSA) is 54.7 Å². The molecule has 2 aliphatic rings. The average molecular weight is 446 g/mol. The Hall–Kier alpha value is -3.08. The standard InChI is InChI=1S/C28H39N5/c1-20(2)33-22(4)13-15-28(31-33)30-24(6)27(23(5)29)14-12-21(3)32-18-16-26(17-19-32)25-10-8-7-9-11-25/h7-11,13,15,20,26,29H,3-4,12,14,16-19H2,1-2,5-6H3,(H,30,31)/b27-24-,29-23?. The molecule has 1 fully saturated rings. The Morgan fingerprint density at radius 1 is 1.12 bits per heavy atom. The summed E-state index contributed by atoms with van der Waals surface area (Å²) in [4.78, 5) is 2.43. The number of hydrazone groups is 1. The molecule has 0 saturated carbocycles. The Balaban J connectivity index is 1.57. The van der Waals surface area contributed by atoms with E-state index in [1.54, 1.807) is 0 Å². The first-order chi connectivity index (χ1) is 15.8. The van der Waals surface area contributed by atoms with Crippen LogP contribution in [0.5, 0.6) is 0 Å². The number of nitrogens with one attached hydrogen (secondary N) is 2. The number of likely N-dealkylation sites (tertiary alicyclic amines) is 1. The molecule has 0 aliphatic carbocycles. The van der Waals surface area contributed by atoms with E-state index in [1.165, 1.54) is 24.1 Å². The zero-order valence-corrected chi connectivity index (χ0v) is 20.7. The third kappa shape index (κ3) is 6.47. The van der Waals surface area contributed by atoms with Gasteiger partial charge in [0, 0.05) is 36.2 Å². The minimum atomic E-state index is 0.238. The molecule has 0 radical (unpaired) electrons. The van der Waals surface area contributed by atoms with Gasteiger partial charge in [0.2, 0.25) is 0 Å². The summed E-state index contributed by atoms with van der Waals surface area (Å²) in [6.45, 7) is 18.6. The van der Waals surface area contributed by atoms with Crippen LogP contribution in [0.1, 0.15) is 64.9 Å². The summed E-state index contributed by atoms with van der Waals surface area (Å²) in [6, 6.07) is 11.1. The molecule has 0 atom stereocenters. The molecule has 2 heterocycles. The van der Waals surface area contributed by atoms with Gasteiger partial charge < -0.3 is 15.6 Å². The van der Waals surface area contributed by atoms with E-state index >= 15 is 0 Å². The van der Waals surface area contributed by atoms with Crippen LogP contribution in [0.2, 0.25) is 0 Å². The van der Waals surface area contributed by atoms with Crippen LogP contribution in [0.15, 0.2) is 83.4 Å². The van der Waals surface area contributed by atoms with Gasteiger partial charge in [0.15, 0.2) is 5.84 Å². The minimum absolute atomic E-state index is 0.238. The molecule has 0 amide bonds. The zero-order chi connectivity index (χ0) is 24.0. The zero-order valence-electron chi connectivity index (χ0n) is 20.7. The Morgan fingerprint density at radius 3 is 2.39 bits per heavy atom. The monoisotopic (exact) mass is 445 g/mol. The van der Waals surface area contributed by atoms with E-state index in [0.717, 1.165) is 48.7 Å². The summed E-state index contributed by atoms with van der Waals surface area (Å²) in [5, 5.41) is 18.3. The third-order valence-corrected chi connectivity index (χ3v) is 6.53. The summed E-state index contributed by atoms with van der Waals surface area (Å²) >= 11 is 0. The van der Waals surface area contributed by atoms with Crippen molar-refractivity contribution in [2.75, 3.05) is 13.1 Å². The number of allylic oxidation sites excluding steroid dienone is 4. The average Bonchev–Trinajstić information content (AvgIpc) is 2.80. The first-order valence-corrected chi connectivity index (χ1v) is 12.0. The highest BCUT2D eigenvalue weighted by Crippen LogP contribution is 2.30. The van der Waals surface area contributed by atoms with Gasteiger partial charge in [-0.25, -0.2) is 0 Å². The molecule has 2 N–H and O–H groups in total. The Kier molecular flexibility index (Phi) is 8.32. The predicted octanol–water partition coefficient (Wildman–Crippen LogP) is 6.17. The molecule has 0 unspecified atom stereocenters. The van der Waals surface area contributed by atoms with Gasteiger partial charge >= 0.3 is 0 Å². The fraction of sp³-hybridized carbons (Fsp3) is 0.429. The van der Waals surface area contributed by atoms with Gasteiger partial charge in [-0.15, -0.1) is 0 Å². The van der Waals surface area contributed by atoms with Gasteiger partial charge in [-0.05, 0) is 82.6 Å². The lowest BCUT2D eigenvalue weighted by Gasteiger charge is -2.35. The van der Waals surface area contributed by atoms with E-state index in [0.29, 0.717) is 11.6 Å². The maximum absolute atomic E-state index is 8.33. The van der Waals surface area contributed by atoms with E-state index in [-0.39, 0.29) is 6.04 Å². The normalized spacial score (nSPS) is 17.7. The van der Waals surface area contributed by atoms with Crippen LogP contribution in [0.25, 0.3) is 0 Å². The van der Waals surface area contributed by atoms with Crippen molar-refractivity contribution in [1.82, 2.24) is 15.2 Å². The van der Waals surface area contributed by atoms with Gasteiger partial charge in [0.05, 0.1) is 5.70 Å². The van der Waals surface area contributed by atoms with E-state index in [1.807, 2.05) is 31.0 Å². The fourth-order valence-electron chi connectivity index (χ4n) is 4.58. The van der Waals surface area contributed by atoms with E-state index in [2.05, 4.69) is 72.7 Å². The maximum Gasteiger partial charge on any atom is 0.150 e. The summed E-state index contributed by atoms with van der Waals surface area (Å²) in [7, 11) is 0. The third-order valence-electron chi connectivity index (χ3n) is 6.53. The first-order valence-electron chi connectivity index (χ1n) is 12.0. The number of amidine groups is 1. The highest BCUT2D eigenvalue weighted by Gasteiger charge is 2.21. The van der Waals surface area contributed by atoms with Gasteiger partial charge in [-0.3, -0.25) is 5.01 Å². The van der Waals surface area contributed by atoms with Gasteiger partial charge in [-0.2, -0.15) is 5.10 Å². The van der Waals surface area contributed by atoms with Crippen molar-refractivity contribution in [3.8, 4) is 0 Å². The van der Waals surface area contributed by atoms with Crippen molar-refractivity contribution in [2.45, 2.75) is 65.3 Å². The molecule has 0 aromatic heterocycles. The summed E-state index contributed by atoms with van der Waals surface area (Å²) in [5.74, 6) is 1.42. The van der Waals surface area contributed by atoms with Crippen molar-refractivity contribution in [2.24, 2.45) is 5.10 Å². The van der Waals surface area contributed by atoms with Gasteiger partial charge in [-0.1, -0.05) is 43.5 Å². The molecule has 5 heteroatoms. The second kappa shape index (κ2) is 11.2. The lowest BCUT2D eigenvalue weighted by atomic mass is 9.89.